The van der Waals surface area contributed by atoms with Crippen molar-refractivity contribution in [2.24, 2.45) is 5.73 Å². The van der Waals surface area contributed by atoms with E-state index in [0.717, 1.165) is 36.9 Å². The van der Waals surface area contributed by atoms with Crippen molar-refractivity contribution in [2.45, 2.75) is 44.4 Å². The van der Waals surface area contributed by atoms with Crippen molar-refractivity contribution in [3.05, 3.63) is 29.8 Å². The van der Waals surface area contributed by atoms with Crippen molar-refractivity contribution in [3.63, 3.8) is 0 Å². The molecule has 1 fully saturated rings. The standard InChI is InChI=1S/C13H20N2O/c14-9-10-1-3-11(4-2-10)15-12-5-7-13(16)8-6-12/h1-4,12-13,15-16H,5-9,14H2/t12-,13-. The molecule has 1 aromatic carbocycles. The van der Waals surface area contributed by atoms with Gasteiger partial charge in [0.2, 0.25) is 0 Å². The fraction of sp³-hybridized carbons (Fsp3) is 0.538. The van der Waals surface area contributed by atoms with Crippen molar-refractivity contribution in [3.8, 4) is 0 Å². The SMILES string of the molecule is NCc1ccc(N[C@H]2CC[C@H](O)CC2)cc1. The largest absolute Gasteiger partial charge is 0.393 e. The van der Waals surface area contributed by atoms with E-state index in [2.05, 4.69) is 29.6 Å². The van der Waals surface area contributed by atoms with E-state index in [1.165, 1.54) is 0 Å². The zero-order valence-corrected chi connectivity index (χ0v) is 9.52. The molecule has 3 heteroatoms. The van der Waals surface area contributed by atoms with E-state index in [1.807, 2.05) is 0 Å². The Balaban J connectivity index is 1.88. The lowest BCUT2D eigenvalue weighted by molar-refractivity contribution is 0.126. The van der Waals surface area contributed by atoms with Crippen molar-refractivity contribution in [2.75, 3.05) is 5.32 Å². The fourth-order valence-corrected chi connectivity index (χ4v) is 2.19. The normalized spacial score (nSPS) is 25.4. The van der Waals surface area contributed by atoms with Gasteiger partial charge < -0.3 is 16.2 Å². The summed E-state index contributed by atoms with van der Waals surface area (Å²) in [4.78, 5) is 0. The van der Waals surface area contributed by atoms with Gasteiger partial charge in [0.05, 0.1) is 6.10 Å². The highest BCUT2D eigenvalue weighted by molar-refractivity contribution is 5.45. The third kappa shape index (κ3) is 2.97. The Kier molecular flexibility index (Phi) is 3.80. The Morgan fingerprint density at radius 1 is 1.12 bits per heavy atom. The fourth-order valence-electron chi connectivity index (χ4n) is 2.19. The molecule has 0 aliphatic heterocycles. The molecule has 0 spiro atoms. The molecule has 0 aromatic heterocycles. The lowest BCUT2D eigenvalue weighted by Crippen LogP contribution is -2.28. The van der Waals surface area contributed by atoms with Gasteiger partial charge in [-0.1, -0.05) is 12.1 Å². The average Bonchev–Trinajstić information content (AvgIpc) is 2.33. The van der Waals surface area contributed by atoms with Crippen LogP contribution in [-0.2, 0) is 6.54 Å². The summed E-state index contributed by atoms with van der Waals surface area (Å²) in [6, 6.07) is 8.77. The van der Waals surface area contributed by atoms with Crippen molar-refractivity contribution in [1.82, 2.24) is 0 Å². The van der Waals surface area contributed by atoms with Gasteiger partial charge >= 0.3 is 0 Å². The molecule has 0 saturated heterocycles. The van der Waals surface area contributed by atoms with Gasteiger partial charge in [-0.15, -0.1) is 0 Å². The summed E-state index contributed by atoms with van der Waals surface area (Å²) >= 11 is 0. The Hall–Kier alpha value is -1.06. The second-order valence-electron chi connectivity index (χ2n) is 4.55. The molecule has 4 N–H and O–H groups in total. The van der Waals surface area contributed by atoms with Gasteiger partial charge in [-0.05, 0) is 43.4 Å². The summed E-state index contributed by atoms with van der Waals surface area (Å²) in [5, 5.41) is 12.9. The Morgan fingerprint density at radius 3 is 2.31 bits per heavy atom. The topological polar surface area (TPSA) is 58.3 Å². The molecule has 1 aliphatic carbocycles. The Morgan fingerprint density at radius 2 is 1.75 bits per heavy atom. The third-order valence-electron chi connectivity index (χ3n) is 3.26. The molecule has 3 nitrogen and oxygen atoms in total. The molecule has 16 heavy (non-hydrogen) atoms. The quantitative estimate of drug-likeness (QED) is 0.728. The van der Waals surface area contributed by atoms with Gasteiger partial charge in [-0.2, -0.15) is 0 Å². The van der Waals surface area contributed by atoms with Crippen LogP contribution in [0, 0.1) is 0 Å². The number of nitrogens with two attached hydrogens (primary N) is 1. The molecule has 0 amide bonds. The predicted octanol–water partition coefficient (Wildman–Crippen LogP) is 1.86. The van der Waals surface area contributed by atoms with Crippen LogP contribution in [0.4, 0.5) is 5.69 Å². The Labute approximate surface area is 96.7 Å². The van der Waals surface area contributed by atoms with Crippen LogP contribution >= 0.6 is 0 Å². The molecule has 0 atom stereocenters. The molecule has 2 rings (SSSR count). The number of benzene rings is 1. The van der Waals surface area contributed by atoms with Gasteiger partial charge in [0.15, 0.2) is 0 Å². The van der Waals surface area contributed by atoms with Crippen LogP contribution in [0.1, 0.15) is 31.2 Å². The average molecular weight is 220 g/mol. The first kappa shape index (κ1) is 11.4. The maximum absolute atomic E-state index is 9.42. The zero-order valence-electron chi connectivity index (χ0n) is 9.52. The van der Waals surface area contributed by atoms with Gasteiger partial charge in [0.1, 0.15) is 0 Å². The van der Waals surface area contributed by atoms with Crippen LogP contribution in [0.5, 0.6) is 0 Å². The highest BCUT2D eigenvalue weighted by Crippen LogP contribution is 2.22. The lowest BCUT2D eigenvalue weighted by atomic mass is 9.93. The molecule has 1 aliphatic rings. The number of hydrogen-bond donors (Lipinski definition) is 3. The van der Waals surface area contributed by atoms with Crippen molar-refractivity contribution in [1.29, 1.82) is 0 Å². The monoisotopic (exact) mass is 220 g/mol. The maximum atomic E-state index is 9.42. The van der Waals surface area contributed by atoms with E-state index in [0.29, 0.717) is 12.6 Å². The molecular formula is C13H20N2O. The minimum atomic E-state index is -0.0855. The van der Waals surface area contributed by atoms with Crippen LogP contribution < -0.4 is 11.1 Å². The second-order valence-corrected chi connectivity index (χ2v) is 4.55. The highest BCUT2D eigenvalue weighted by atomic mass is 16.3. The minimum absolute atomic E-state index is 0.0855. The van der Waals surface area contributed by atoms with Crippen LogP contribution in [0.2, 0.25) is 0 Å². The minimum Gasteiger partial charge on any atom is -0.393 e. The van der Waals surface area contributed by atoms with Gasteiger partial charge in [-0.3, -0.25) is 0 Å². The lowest BCUT2D eigenvalue weighted by Gasteiger charge is -2.27. The molecule has 0 bridgehead atoms. The second kappa shape index (κ2) is 5.32. The van der Waals surface area contributed by atoms with E-state index in [9.17, 15) is 5.11 Å². The molecular weight excluding hydrogens is 200 g/mol. The molecule has 1 saturated carbocycles. The molecule has 0 radical (unpaired) electrons. The molecule has 0 heterocycles. The summed E-state index contributed by atoms with van der Waals surface area (Å²) in [6.07, 6.45) is 3.86. The number of hydrogen-bond acceptors (Lipinski definition) is 3. The summed E-state index contributed by atoms with van der Waals surface area (Å²) in [7, 11) is 0. The number of aliphatic hydroxyl groups excluding tert-OH is 1. The number of anilines is 1. The smallest absolute Gasteiger partial charge is 0.0541 e. The van der Waals surface area contributed by atoms with Crippen molar-refractivity contribution >= 4 is 5.69 Å². The predicted molar refractivity (Wildman–Crippen MR) is 66.2 cm³/mol. The van der Waals surface area contributed by atoms with E-state index in [4.69, 9.17) is 5.73 Å². The van der Waals surface area contributed by atoms with Gasteiger partial charge in [-0.25, -0.2) is 0 Å². The summed E-state index contributed by atoms with van der Waals surface area (Å²) in [5.41, 5.74) is 7.86. The molecule has 1 aromatic rings. The van der Waals surface area contributed by atoms with Crippen LogP contribution in [-0.4, -0.2) is 17.3 Å². The van der Waals surface area contributed by atoms with Gasteiger partial charge in [0.25, 0.3) is 0 Å². The van der Waals surface area contributed by atoms with Crippen LogP contribution in [0.25, 0.3) is 0 Å². The van der Waals surface area contributed by atoms with E-state index in [-0.39, 0.29) is 6.10 Å². The Bertz CT molecular complexity index is 315. The van der Waals surface area contributed by atoms with E-state index in [1.54, 1.807) is 0 Å². The number of nitrogens with one attached hydrogen (secondary N) is 1. The molecule has 0 unspecified atom stereocenters. The van der Waals surface area contributed by atoms with Crippen LogP contribution in [0.15, 0.2) is 24.3 Å². The number of aliphatic hydroxyl groups is 1. The first-order valence-electron chi connectivity index (χ1n) is 6.01. The first-order valence-corrected chi connectivity index (χ1v) is 6.01. The van der Waals surface area contributed by atoms with E-state index >= 15 is 0 Å². The van der Waals surface area contributed by atoms with E-state index < -0.39 is 0 Å². The number of rotatable bonds is 3. The summed E-state index contributed by atoms with van der Waals surface area (Å²) < 4.78 is 0. The molecule has 88 valence electrons. The first-order chi connectivity index (χ1) is 7.78. The highest BCUT2D eigenvalue weighted by Gasteiger charge is 2.18. The van der Waals surface area contributed by atoms with Crippen LogP contribution in [0.3, 0.4) is 0 Å². The van der Waals surface area contributed by atoms with Gasteiger partial charge in [0, 0.05) is 18.3 Å². The summed E-state index contributed by atoms with van der Waals surface area (Å²) in [5.74, 6) is 0. The third-order valence-corrected chi connectivity index (χ3v) is 3.26. The van der Waals surface area contributed by atoms with Crippen molar-refractivity contribution < 1.29 is 5.11 Å². The maximum Gasteiger partial charge on any atom is 0.0541 e. The zero-order chi connectivity index (χ0) is 11.4. The summed E-state index contributed by atoms with van der Waals surface area (Å²) in [6.45, 7) is 0.593.